The van der Waals surface area contributed by atoms with Gasteiger partial charge < -0.3 is 14.8 Å². The molecule has 0 aliphatic carbocycles. The maximum atomic E-state index is 14.2. The van der Waals surface area contributed by atoms with Crippen LogP contribution in [0.3, 0.4) is 0 Å². The fraction of sp³-hybridized carbons (Fsp3) is 0.312. The lowest BCUT2D eigenvalue weighted by Gasteiger charge is -2.37. The number of rotatable bonds is 2. The van der Waals surface area contributed by atoms with E-state index in [4.69, 9.17) is 0 Å². The first-order valence-electron chi connectivity index (χ1n) is 7.16. The number of nitrogens with one attached hydrogen (secondary N) is 1. The third-order valence-corrected chi connectivity index (χ3v) is 3.83. The number of fused-ring (bicyclic) bond motifs is 1. The van der Waals surface area contributed by atoms with Gasteiger partial charge in [-0.3, -0.25) is 0 Å². The minimum absolute atomic E-state index is 0.154. The van der Waals surface area contributed by atoms with Crippen LogP contribution >= 0.6 is 0 Å². The molecular formula is C16H18FN3O. The van der Waals surface area contributed by atoms with Gasteiger partial charge in [0, 0.05) is 37.1 Å². The smallest absolute Gasteiger partial charge is 0.318 e. The van der Waals surface area contributed by atoms with E-state index in [1.807, 2.05) is 25.3 Å². The summed E-state index contributed by atoms with van der Waals surface area (Å²) in [6.07, 6.45) is 1.97. The zero-order valence-electron chi connectivity index (χ0n) is 11.9. The summed E-state index contributed by atoms with van der Waals surface area (Å²) in [4.78, 5) is 14.0. The third-order valence-electron chi connectivity index (χ3n) is 3.83. The molecule has 0 radical (unpaired) electrons. The average molecular weight is 287 g/mol. The van der Waals surface area contributed by atoms with Gasteiger partial charge in [-0.05, 0) is 25.1 Å². The quantitative estimate of drug-likeness (QED) is 0.906. The van der Waals surface area contributed by atoms with Crippen LogP contribution in [-0.2, 0) is 6.54 Å². The van der Waals surface area contributed by atoms with Crippen LogP contribution in [0, 0.1) is 5.82 Å². The number of urea groups is 1. The molecule has 3 rings (SSSR count). The second-order valence-corrected chi connectivity index (χ2v) is 5.08. The lowest BCUT2D eigenvalue weighted by molar-refractivity contribution is 0.168. The van der Waals surface area contributed by atoms with E-state index in [0.29, 0.717) is 18.7 Å². The van der Waals surface area contributed by atoms with Crippen molar-refractivity contribution < 1.29 is 9.18 Å². The third kappa shape index (κ3) is 2.39. The van der Waals surface area contributed by atoms with Gasteiger partial charge in [0.05, 0.1) is 0 Å². The maximum absolute atomic E-state index is 14.2. The molecule has 4 nitrogen and oxygen atoms in total. The summed E-state index contributed by atoms with van der Waals surface area (Å²) < 4.78 is 16.3. The molecule has 0 spiro atoms. The van der Waals surface area contributed by atoms with Crippen molar-refractivity contribution >= 4 is 6.03 Å². The standard InChI is InChI=1S/C16H18FN3O/c1-2-18-16(21)20-11-10-19-9-5-8-14(19)15(20)12-6-3-4-7-13(12)17/h3-9,15H,2,10-11H2,1H3,(H,18,21). The Morgan fingerprint density at radius 2 is 2.10 bits per heavy atom. The van der Waals surface area contributed by atoms with Gasteiger partial charge in [-0.15, -0.1) is 0 Å². The summed E-state index contributed by atoms with van der Waals surface area (Å²) in [6.45, 7) is 3.72. The van der Waals surface area contributed by atoms with Gasteiger partial charge in [-0.1, -0.05) is 18.2 Å². The average Bonchev–Trinajstić information content (AvgIpc) is 2.95. The van der Waals surface area contributed by atoms with Crippen LogP contribution in [-0.4, -0.2) is 28.6 Å². The Morgan fingerprint density at radius 1 is 1.29 bits per heavy atom. The molecule has 0 bridgehead atoms. The maximum Gasteiger partial charge on any atom is 0.318 e. The summed E-state index contributed by atoms with van der Waals surface area (Å²) in [6, 6.07) is 9.99. The molecule has 21 heavy (non-hydrogen) atoms. The predicted molar refractivity (Wildman–Crippen MR) is 78.5 cm³/mol. The molecule has 1 aromatic heterocycles. The number of carbonyl (C=O) groups excluding carboxylic acids is 1. The van der Waals surface area contributed by atoms with E-state index in [-0.39, 0.29) is 17.9 Å². The summed E-state index contributed by atoms with van der Waals surface area (Å²) in [5.41, 5.74) is 1.47. The van der Waals surface area contributed by atoms with Crippen LogP contribution in [0.2, 0.25) is 0 Å². The first-order chi connectivity index (χ1) is 10.2. The van der Waals surface area contributed by atoms with E-state index in [1.165, 1.54) is 6.07 Å². The van der Waals surface area contributed by atoms with Crippen molar-refractivity contribution in [2.45, 2.75) is 19.5 Å². The number of benzene rings is 1. The van der Waals surface area contributed by atoms with Gasteiger partial charge in [-0.25, -0.2) is 9.18 Å². The van der Waals surface area contributed by atoms with Crippen LogP contribution in [0.1, 0.15) is 24.2 Å². The van der Waals surface area contributed by atoms with Gasteiger partial charge in [0.1, 0.15) is 11.9 Å². The number of nitrogens with zero attached hydrogens (tertiary/aromatic N) is 2. The first-order valence-corrected chi connectivity index (χ1v) is 7.16. The number of hydrogen-bond donors (Lipinski definition) is 1. The first kappa shape index (κ1) is 13.7. The molecule has 2 heterocycles. The number of amides is 2. The largest absolute Gasteiger partial charge is 0.348 e. The van der Waals surface area contributed by atoms with E-state index >= 15 is 0 Å². The van der Waals surface area contributed by atoms with Crippen molar-refractivity contribution in [2.24, 2.45) is 0 Å². The Kier molecular flexibility index (Phi) is 3.64. The molecule has 2 amide bonds. The summed E-state index contributed by atoms with van der Waals surface area (Å²) in [5.74, 6) is -0.286. The van der Waals surface area contributed by atoms with Gasteiger partial charge >= 0.3 is 6.03 Å². The van der Waals surface area contributed by atoms with Crippen LogP contribution in [0.15, 0.2) is 42.6 Å². The molecule has 0 fully saturated rings. The molecule has 1 aliphatic rings. The van der Waals surface area contributed by atoms with Gasteiger partial charge in [0.2, 0.25) is 0 Å². The van der Waals surface area contributed by atoms with E-state index in [9.17, 15) is 9.18 Å². The fourth-order valence-electron chi connectivity index (χ4n) is 2.88. The van der Waals surface area contributed by atoms with E-state index in [2.05, 4.69) is 9.88 Å². The predicted octanol–water partition coefficient (Wildman–Crippen LogP) is 2.76. The van der Waals surface area contributed by atoms with Gasteiger partial charge in [-0.2, -0.15) is 0 Å². The molecule has 110 valence electrons. The molecule has 5 heteroatoms. The number of carbonyl (C=O) groups is 1. The molecule has 0 saturated heterocycles. The Morgan fingerprint density at radius 3 is 2.86 bits per heavy atom. The van der Waals surface area contributed by atoms with Gasteiger partial charge in [0.25, 0.3) is 0 Å². The van der Waals surface area contributed by atoms with E-state index in [1.54, 1.807) is 23.1 Å². The molecule has 1 N–H and O–H groups in total. The lowest BCUT2D eigenvalue weighted by atomic mass is 9.99. The van der Waals surface area contributed by atoms with Crippen molar-refractivity contribution in [1.82, 2.24) is 14.8 Å². The molecule has 1 atom stereocenters. The van der Waals surface area contributed by atoms with E-state index < -0.39 is 0 Å². The molecule has 1 aromatic carbocycles. The SMILES string of the molecule is CCNC(=O)N1CCn2cccc2C1c1ccccc1F. The Labute approximate surface area is 123 Å². The number of halogens is 1. The van der Waals surface area contributed by atoms with E-state index in [0.717, 1.165) is 12.2 Å². The van der Waals surface area contributed by atoms with Crippen molar-refractivity contribution in [2.75, 3.05) is 13.1 Å². The highest BCUT2D eigenvalue weighted by atomic mass is 19.1. The van der Waals surface area contributed by atoms with Crippen molar-refractivity contribution in [3.05, 3.63) is 59.7 Å². The van der Waals surface area contributed by atoms with Gasteiger partial charge in [0.15, 0.2) is 0 Å². The second kappa shape index (κ2) is 5.60. The zero-order valence-corrected chi connectivity index (χ0v) is 11.9. The van der Waals surface area contributed by atoms with Crippen LogP contribution in [0.5, 0.6) is 0 Å². The monoisotopic (exact) mass is 287 g/mol. The highest BCUT2D eigenvalue weighted by Crippen LogP contribution is 2.33. The molecule has 0 saturated carbocycles. The lowest BCUT2D eigenvalue weighted by Crippen LogP contribution is -2.47. The molecule has 2 aromatic rings. The Bertz CT molecular complexity index is 652. The van der Waals surface area contributed by atoms with Crippen molar-refractivity contribution in [3.8, 4) is 0 Å². The fourth-order valence-corrected chi connectivity index (χ4v) is 2.88. The molecule has 1 unspecified atom stereocenters. The normalized spacial score (nSPS) is 17.4. The van der Waals surface area contributed by atoms with Crippen molar-refractivity contribution in [3.63, 3.8) is 0 Å². The van der Waals surface area contributed by atoms with Crippen molar-refractivity contribution in [1.29, 1.82) is 0 Å². The second-order valence-electron chi connectivity index (χ2n) is 5.08. The number of aromatic nitrogens is 1. The minimum Gasteiger partial charge on any atom is -0.348 e. The van der Waals surface area contributed by atoms with Crippen LogP contribution in [0.25, 0.3) is 0 Å². The molecule has 1 aliphatic heterocycles. The Balaban J connectivity index is 2.06. The summed E-state index contributed by atoms with van der Waals surface area (Å²) in [5, 5.41) is 2.81. The Hall–Kier alpha value is -2.30. The van der Waals surface area contributed by atoms with Crippen LogP contribution < -0.4 is 5.32 Å². The molecular weight excluding hydrogens is 269 g/mol. The highest BCUT2D eigenvalue weighted by molar-refractivity contribution is 5.75. The topological polar surface area (TPSA) is 37.3 Å². The summed E-state index contributed by atoms with van der Waals surface area (Å²) >= 11 is 0. The van der Waals surface area contributed by atoms with Crippen LogP contribution in [0.4, 0.5) is 9.18 Å². The number of hydrogen-bond acceptors (Lipinski definition) is 1. The highest BCUT2D eigenvalue weighted by Gasteiger charge is 2.33. The minimum atomic E-state index is -0.388. The summed E-state index contributed by atoms with van der Waals surface area (Å²) in [7, 11) is 0. The zero-order chi connectivity index (χ0) is 14.8.